The summed E-state index contributed by atoms with van der Waals surface area (Å²) in [5.41, 5.74) is 1.25. The van der Waals surface area contributed by atoms with Gasteiger partial charge in [-0.2, -0.15) is 0 Å². The molecule has 4 heterocycles. The van der Waals surface area contributed by atoms with Crippen LogP contribution in [0.1, 0.15) is 29.1 Å². The van der Waals surface area contributed by atoms with Crippen molar-refractivity contribution in [3.8, 4) is 5.82 Å². The smallest absolute Gasteiger partial charge is 0.252 e. The lowest BCUT2D eigenvalue weighted by molar-refractivity contribution is 0.0938. The Morgan fingerprint density at radius 2 is 2.08 bits per heavy atom. The van der Waals surface area contributed by atoms with Crippen LogP contribution in [-0.4, -0.2) is 35.0 Å². The topological polar surface area (TPSA) is 90.0 Å². The average Bonchev–Trinajstić information content (AvgIpc) is 3.31. The second-order valence-electron chi connectivity index (χ2n) is 5.55. The van der Waals surface area contributed by atoms with Gasteiger partial charge in [-0.05, 0) is 31.2 Å². The monoisotopic (exact) mass is 333 g/mol. The van der Waals surface area contributed by atoms with Crippen LogP contribution in [0.4, 0.5) is 0 Å². The van der Waals surface area contributed by atoms with Gasteiger partial charge in [0.2, 0.25) is 0 Å². The van der Waals surface area contributed by atoms with Gasteiger partial charge >= 0.3 is 0 Å². The Bertz CT molecular complexity index is 1020. The predicted octanol–water partition coefficient (Wildman–Crippen LogP) is 1.80. The lowest BCUT2D eigenvalue weighted by Gasteiger charge is -2.13. The number of carbonyl (C=O) groups excluding carboxylic acids is 1. The fourth-order valence-corrected chi connectivity index (χ4v) is 2.60. The van der Waals surface area contributed by atoms with Gasteiger partial charge in [0.25, 0.3) is 5.91 Å². The number of amides is 1. The van der Waals surface area contributed by atoms with Gasteiger partial charge in [-0.25, -0.2) is 9.97 Å². The molecule has 1 amide bonds. The molecule has 0 saturated carbocycles. The Morgan fingerprint density at radius 3 is 2.92 bits per heavy atom. The molecule has 4 rings (SSSR count). The zero-order chi connectivity index (χ0) is 17.2. The van der Waals surface area contributed by atoms with Crippen LogP contribution < -0.4 is 5.32 Å². The summed E-state index contributed by atoms with van der Waals surface area (Å²) in [6, 6.07) is 8.75. The summed E-state index contributed by atoms with van der Waals surface area (Å²) in [5, 5.41) is 11.2. The van der Waals surface area contributed by atoms with Crippen molar-refractivity contribution in [1.82, 2.24) is 34.4 Å². The summed E-state index contributed by atoms with van der Waals surface area (Å²) >= 11 is 0. The normalized spacial score (nSPS) is 12.2. The molecule has 124 valence electrons. The number of imidazole rings is 1. The van der Waals surface area contributed by atoms with Gasteiger partial charge in [-0.15, -0.1) is 10.2 Å². The van der Waals surface area contributed by atoms with Crippen LogP contribution in [0.2, 0.25) is 0 Å². The van der Waals surface area contributed by atoms with Crippen molar-refractivity contribution in [2.45, 2.75) is 13.0 Å². The van der Waals surface area contributed by atoms with Gasteiger partial charge in [-0.1, -0.05) is 6.07 Å². The van der Waals surface area contributed by atoms with E-state index in [9.17, 15) is 4.79 Å². The fourth-order valence-electron chi connectivity index (χ4n) is 2.60. The Hall–Kier alpha value is -3.55. The van der Waals surface area contributed by atoms with Gasteiger partial charge < -0.3 is 5.32 Å². The van der Waals surface area contributed by atoms with Crippen LogP contribution in [0.5, 0.6) is 0 Å². The second kappa shape index (κ2) is 6.16. The summed E-state index contributed by atoms with van der Waals surface area (Å²) in [6.07, 6.45) is 8.54. The molecule has 1 N–H and O–H groups in total. The first-order valence-corrected chi connectivity index (χ1v) is 7.77. The standard InChI is InChI=1S/C17H15N7O/c1-12(16-22-21-14-4-2-3-8-24(14)16)20-17(25)13-5-6-19-15(10-13)23-9-7-18-11-23/h2-12H,1H3,(H,20,25)/t12-/m1/s1. The number of nitrogens with zero attached hydrogens (tertiary/aromatic N) is 6. The van der Waals surface area contributed by atoms with Gasteiger partial charge in [-0.3, -0.25) is 13.8 Å². The zero-order valence-electron chi connectivity index (χ0n) is 13.4. The van der Waals surface area contributed by atoms with E-state index in [0.717, 1.165) is 5.65 Å². The summed E-state index contributed by atoms with van der Waals surface area (Å²) in [6.45, 7) is 1.87. The van der Waals surface area contributed by atoms with Gasteiger partial charge in [0.1, 0.15) is 12.1 Å². The van der Waals surface area contributed by atoms with Gasteiger partial charge in [0.15, 0.2) is 11.5 Å². The first-order chi connectivity index (χ1) is 12.2. The molecule has 0 aliphatic heterocycles. The number of aromatic nitrogens is 6. The van der Waals surface area contributed by atoms with Crippen molar-refractivity contribution in [2.75, 3.05) is 0 Å². The molecule has 0 aliphatic rings. The predicted molar refractivity (Wildman–Crippen MR) is 90.2 cm³/mol. The van der Waals surface area contributed by atoms with E-state index in [0.29, 0.717) is 17.2 Å². The molecule has 8 nitrogen and oxygen atoms in total. The molecular formula is C17H15N7O. The number of hydrogen-bond acceptors (Lipinski definition) is 5. The third-order valence-electron chi connectivity index (χ3n) is 3.85. The van der Waals surface area contributed by atoms with Crippen molar-refractivity contribution in [3.63, 3.8) is 0 Å². The number of pyridine rings is 2. The third kappa shape index (κ3) is 2.85. The molecule has 25 heavy (non-hydrogen) atoms. The Balaban J connectivity index is 1.57. The number of rotatable bonds is 4. The first kappa shape index (κ1) is 15.0. The van der Waals surface area contributed by atoms with E-state index in [1.54, 1.807) is 41.6 Å². The molecule has 4 aromatic heterocycles. The minimum absolute atomic E-state index is 0.205. The fraction of sp³-hybridized carbons (Fsp3) is 0.118. The van der Waals surface area contributed by atoms with E-state index in [2.05, 4.69) is 25.5 Å². The van der Waals surface area contributed by atoms with Crippen molar-refractivity contribution < 1.29 is 4.79 Å². The maximum absolute atomic E-state index is 12.6. The highest BCUT2D eigenvalue weighted by Gasteiger charge is 2.17. The Kier molecular flexibility index (Phi) is 3.70. The van der Waals surface area contributed by atoms with E-state index < -0.39 is 0 Å². The van der Waals surface area contributed by atoms with E-state index >= 15 is 0 Å². The lowest BCUT2D eigenvalue weighted by atomic mass is 10.2. The van der Waals surface area contributed by atoms with Crippen molar-refractivity contribution >= 4 is 11.6 Å². The molecule has 0 saturated heterocycles. The SMILES string of the molecule is C[C@@H](NC(=O)c1ccnc(-n2ccnc2)c1)c1nnc2ccccn12. The molecule has 0 fully saturated rings. The summed E-state index contributed by atoms with van der Waals surface area (Å²) in [4.78, 5) is 20.8. The first-order valence-electron chi connectivity index (χ1n) is 7.77. The number of carbonyl (C=O) groups is 1. The van der Waals surface area contributed by atoms with Crippen LogP contribution in [0.3, 0.4) is 0 Å². The minimum Gasteiger partial charge on any atom is -0.342 e. The van der Waals surface area contributed by atoms with Crippen molar-refractivity contribution in [3.05, 3.63) is 72.8 Å². The van der Waals surface area contributed by atoms with Gasteiger partial charge in [0.05, 0.1) is 6.04 Å². The minimum atomic E-state index is -0.297. The molecule has 0 bridgehead atoms. The van der Waals surface area contributed by atoms with E-state index in [-0.39, 0.29) is 11.9 Å². The number of nitrogens with one attached hydrogen (secondary N) is 1. The van der Waals surface area contributed by atoms with E-state index in [4.69, 9.17) is 0 Å². The maximum Gasteiger partial charge on any atom is 0.252 e. The Labute approximate surface area is 143 Å². The summed E-state index contributed by atoms with van der Waals surface area (Å²) in [5.74, 6) is 1.10. The van der Waals surface area contributed by atoms with Crippen LogP contribution in [0, 0.1) is 0 Å². The maximum atomic E-state index is 12.6. The highest BCUT2D eigenvalue weighted by atomic mass is 16.1. The van der Waals surface area contributed by atoms with E-state index in [1.807, 2.05) is 35.7 Å². The molecule has 4 aromatic rings. The molecule has 0 aliphatic carbocycles. The molecule has 0 unspecified atom stereocenters. The highest BCUT2D eigenvalue weighted by molar-refractivity contribution is 5.94. The quantitative estimate of drug-likeness (QED) is 0.615. The number of fused-ring (bicyclic) bond motifs is 1. The Morgan fingerprint density at radius 1 is 1.16 bits per heavy atom. The third-order valence-corrected chi connectivity index (χ3v) is 3.85. The van der Waals surface area contributed by atoms with Crippen LogP contribution in [-0.2, 0) is 0 Å². The molecule has 0 spiro atoms. The molecular weight excluding hydrogens is 318 g/mol. The molecule has 1 atom stereocenters. The zero-order valence-corrected chi connectivity index (χ0v) is 13.4. The van der Waals surface area contributed by atoms with Crippen LogP contribution in [0.25, 0.3) is 11.5 Å². The van der Waals surface area contributed by atoms with Gasteiger partial charge in [0, 0.05) is 30.4 Å². The van der Waals surface area contributed by atoms with E-state index in [1.165, 1.54) is 0 Å². The average molecular weight is 333 g/mol. The van der Waals surface area contributed by atoms with Crippen molar-refractivity contribution in [2.24, 2.45) is 0 Å². The van der Waals surface area contributed by atoms with Crippen LogP contribution in [0.15, 0.2) is 61.4 Å². The highest BCUT2D eigenvalue weighted by Crippen LogP contribution is 2.13. The largest absolute Gasteiger partial charge is 0.342 e. The molecule has 0 radical (unpaired) electrons. The number of hydrogen-bond donors (Lipinski definition) is 1. The lowest BCUT2D eigenvalue weighted by Crippen LogP contribution is -2.28. The molecule has 0 aromatic carbocycles. The second-order valence-corrected chi connectivity index (χ2v) is 5.55. The molecule has 8 heteroatoms. The summed E-state index contributed by atoms with van der Waals surface area (Å²) in [7, 11) is 0. The van der Waals surface area contributed by atoms with Crippen molar-refractivity contribution in [1.29, 1.82) is 0 Å². The van der Waals surface area contributed by atoms with Crippen LogP contribution >= 0.6 is 0 Å². The summed E-state index contributed by atoms with van der Waals surface area (Å²) < 4.78 is 3.60.